The lowest BCUT2D eigenvalue weighted by molar-refractivity contribution is -0.134. The van der Waals surface area contributed by atoms with Crippen molar-refractivity contribution in [3.63, 3.8) is 0 Å². The van der Waals surface area contributed by atoms with E-state index in [0.717, 1.165) is 29.5 Å². The van der Waals surface area contributed by atoms with Gasteiger partial charge in [0.1, 0.15) is 11.8 Å². The van der Waals surface area contributed by atoms with Crippen molar-refractivity contribution in [1.82, 2.24) is 9.91 Å². The van der Waals surface area contributed by atoms with Crippen molar-refractivity contribution in [3.8, 4) is 0 Å². The maximum absolute atomic E-state index is 13.3. The number of rotatable bonds is 7. The first-order chi connectivity index (χ1) is 13.7. The Hall–Kier alpha value is -2.40. The van der Waals surface area contributed by atoms with Crippen LogP contribution in [0.5, 0.6) is 0 Å². The van der Waals surface area contributed by atoms with Crippen molar-refractivity contribution in [2.75, 3.05) is 13.1 Å². The third-order valence-corrected chi connectivity index (χ3v) is 6.01. The van der Waals surface area contributed by atoms with Gasteiger partial charge in [0.15, 0.2) is 0 Å². The number of carbonyl (C=O) groups is 1. The summed E-state index contributed by atoms with van der Waals surface area (Å²) in [5, 5.41) is 6.44. The predicted molar refractivity (Wildman–Crippen MR) is 108 cm³/mol. The number of aryl methyl sites for hydroxylation is 1. The maximum Gasteiger partial charge on any atom is 0.257 e. The van der Waals surface area contributed by atoms with Crippen LogP contribution >= 0.6 is 0 Å². The van der Waals surface area contributed by atoms with Gasteiger partial charge in [-0.2, -0.15) is 5.10 Å². The number of benzene rings is 1. The number of carbonyl (C=O) groups excluding carboxylic acids is 1. The molecule has 0 saturated heterocycles. The molecule has 1 atom stereocenters. The van der Waals surface area contributed by atoms with E-state index in [1.807, 2.05) is 12.1 Å². The molecule has 5 rings (SSSR count). The Bertz CT molecular complexity index is 864. The molecule has 2 heterocycles. The average molecular weight is 377 g/mol. The molecule has 1 aliphatic heterocycles. The van der Waals surface area contributed by atoms with Gasteiger partial charge in [-0.15, -0.1) is 0 Å². The second-order valence-electron chi connectivity index (χ2n) is 8.49. The summed E-state index contributed by atoms with van der Waals surface area (Å²) in [7, 11) is 0. The van der Waals surface area contributed by atoms with Crippen LogP contribution in [0.4, 0.5) is 0 Å². The van der Waals surface area contributed by atoms with E-state index in [2.05, 4.69) is 36.1 Å². The SMILES string of the molecule is Cc1ccc(C2=NN(C(=O)CN(CC3CC3)C3CC3)C(c3ccco3)C2)cc1. The van der Waals surface area contributed by atoms with Crippen LogP contribution in [0.25, 0.3) is 0 Å². The third kappa shape index (κ3) is 3.76. The Morgan fingerprint density at radius 1 is 1.18 bits per heavy atom. The molecule has 0 spiro atoms. The molecule has 1 unspecified atom stereocenters. The number of furan rings is 1. The van der Waals surface area contributed by atoms with Crippen LogP contribution in [-0.2, 0) is 4.79 Å². The molecule has 1 aromatic heterocycles. The van der Waals surface area contributed by atoms with E-state index in [9.17, 15) is 4.79 Å². The number of hydrazone groups is 1. The molecule has 3 aliphatic rings. The summed E-state index contributed by atoms with van der Waals surface area (Å²) >= 11 is 0. The fraction of sp³-hybridized carbons (Fsp3) is 0.478. The van der Waals surface area contributed by atoms with Gasteiger partial charge in [-0.05, 0) is 56.2 Å². The summed E-state index contributed by atoms with van der Waals surface area (Å²) in [4.78, 5) is 15.6. The standard InChI is InChI=1S/C23H27N3O2/c1-16-4-8-18(9-5-16)20-13-21(22-3-2-12-28-22)26(24-20)23(27)15-25(19-10-11-19)14-17-6-7-17/h2-5,8-9,12,17,19,21H,6-7,10-11,13-15H2,1H3. The molecule has 0 bridgehead atoms. The summed E-state index contributed by atoms with van der Waals surface area (Å²) in [5.74, 6) is 1.68. The van der Waals surface area contributed by atoms with Crippen LogP contribution < -0.4 is 0 Å². The molecule has 5 nitrogen and oxygen atoms in total. The molecule has 2 aromatic rings. The lowest BCUT2D eigenvalue weighted by Crippen LogP contribution is -2.40. The molecular weight excluding hydrogens is 350 g/mol. The molecule has 2 fully saturated rings. The molecule has 0 radical (unpaired) electrons. The molecule has 1 amide bonds. The van der Waals surface area contributed by atoms with Crippen LogP contribution in [0.2, 0.25) is 0 Å². The molecule has 1 aromatic carbocycles. The first kappa shape index (κ1) is 17.7. The zero-order valence-electron chi connectivity index (χ0n) is 16.4. The summed E-state index contributed by atoms with van der Waals surface area (Å²) in [5.41, 5.74) is 3.25. The number of hydrogen-bond donors (Lipinski definition) is 0. The molecule has 2 saturated carbocycles. The zero-order valence-corrected chi connectivity index (χ0v) is 16.4. The van der Waals surface area contributed by atoms with Crippen molar-refractivity contribution in [2.24, 2.45) is 11.0 Å². The Morgan fingerprint density at radius 3 is 2.61 bits per heavy atom. The molecule has 146 valence electrons. The highest BCUT2D eigenvalue weighted by atomic mass is 16.3. The average Bonchev–Trinajstić information content (AvgIpc) is 3.60. The van der Waals surface area contributed by atoms with Gasteiger partial charge in [-0.25, -0.2) is 5.01 Å². The zero-order chi connectivity index (χ0) is 19.1. The van der Waals surface area contributed by atoms with E-state index in [0.29, 0.717) is 19.0 Å². The van der Waals surface area contributed by atoms with Gasteiger partial charge in [0.05, 0.1) is 18.5 Å². The predicted octanol–water partition coefficient (Wildman–Crippen LogP) is 4.14. The Balaban J connectivity index is 1.38. The van der Waals surface area contributed by atoms with E-state index in [1.54, 1.807) is 11.3 Å². The smallest absolute Gasteiger partial charge is 0.257 e. The van der Waals surface area contributed by atoms with Gasteiger partial charge >= 0.3 is 0 Å². The minimum Gasteiger partial charge on any atom is -0.467 e. The Kier molecular flexibility index (Phi) is 4.55. The summed E-state index contributed by atoms with van der Waals surface area (Å²) in [6.07, 6.45) is 7.43. The van der Waals surface area contributed by atoms with Gasteiger partial charge in [0.2, 0.25) is 0 Å². The van der Waals surface area contributed by atoms with E-state index in [4.69, 9.17) is 9.52 Å². The van der Waals surface area contributed by atoms with Crippen molar-refractivity contribution in [1.29, 1.82) is 0 Å². The highest BCUT2D eigenvalue weighted by molar-refractivity contribution is 6.03. The third-order valence-electron chi connectivity index (χ3n) is 6.01. The monoisotopic (exact) mass is 377 g/mol. The fourth-order valence-corrected chi connectivity index (χ4v) is 4.02. The van der Waals surface area contributed by atoms with Gasteiger partial charge in [-0.3, -0.25) is 9.69 Å². The van der Waals surface area contributed by atoms with Crippen molar-refractivity contribution < 1.29 is 9.21 Å². The van der Waals surface area contributed by atoms with Crippen LogP contribution in [0.15, 0.2) is 52.2 Å². The number of amides is 1. The second kappa shape index (κ2) is 7.21. The van der Waals surface area contributed by atoms with Crippen LogP contribution in [-0.4, -0.2) is 40.7 Å². The second-order valence-corrected chi connectivity index (χ2v) is 8.49. The minimum atomic E-state index is -0.152. The molecular formula is C23H27N3O2. The lowest BCUT2D eigenvalue weighted by atomic mass is 10.0. The number of hydrogen-bond acceptors (Lipinski definition) is 4. The first-order valence-electron chi connectivity index (χ1n) is 10.4. The molecule has 2 aliphatic carbocycles. The molecule has 5 heteroatoms. The van der Waals surface area contributed by atoms with E-state index in [-0.39, 0.29) is 11.9 Å². The summed E-state index contributed by atoms with van der Waals surface area (Å²) < 4.78 is 5.66. The van der Waals surface area contributed by atoms with E-state index in [1.165, 1.54) is 31.2 Å². The van der Waals surface area contributed by atoms with Gasteiger partial charge in [0.25, 0.3) is 5.91 Å². The van der Waals surface area contributed by atoms with Gasteiger partial charge in [0, 0.05) is 19.0 Å². The van der Waals surface area contributed by atoms with Crippen LogP contribution in [0, 0.1) is 12.8 Å². The molecule has 0 N–H and O–H groups in total. The van der Waals surface area contributed by atoms with Crippen molar-refractivity contribution >= 4 is 11.6 Å². The van der Waals surface area contributed by atoms with Gasteiger partial charge < -0.3 is 4.42 Å². The highest BCUT2D eigenvalue weighted by Gasteiger charge is 2.39. The van der Waals surface area contributed by atoms with Crippen LogP contribution in [0.3, 0.4) is 0 Å². The quantitative estimate of drug-likeness (QED) is 0.729. The summed E-state index contributed by atoms with van der Waals surface area (Å²) in [6.45, 7) is 3.60. The summed E-state index contributed by atoms with van der Waals surface area (Å²) in [6, 6.07) is 12.6. The Morgan fingerprint density at radius 2 is 1.96 bits per heavy atom. The fourth-order valence-electron chi connectivity index (χ4n) is 4.02. The molecule has 28 heavy (non-hydrogen) atoms. The van der Waals surface area contributed by atoms with E-state index >= 15 is 0 Å². The highest BCUT2D eigenvalue weighted by Crippen LogP contribution is 2.36. The van der Waals surface area contributed by atoms with Gasteiger partial charge in [-0.1, -0.05) is 29.8 Å². The maximum atomic E-state index is 13.3. The minimum absolute atomic E-state index is 0.0797. The van der Waals surface area contributed by atoms with Crippen LogP contribution in [0.1, 0.15) is 55.0 Å². The van der Waals surface area contributed by atoms with Crippen molar-refractivity contribution in [3.05, 3.63) is 59.5 Å². The number of nitrogens with zero attached hydrogens (tertiary/aromatic N) is 3. The largest absolute Gasteiger partial charge is 0.467 e. The normalized spacial score (nSPS) is 22.0. The van der Waals surface area contributed by atoms with Crippen molar-refractivity contribution in [2.45, 2.75) is 51.1 Å². The van der Waals surface area contributed by atoms with E-state index < -0.39 is 0 Å². The topological polar surface area (TPSA) is 49.1 Å². The Labute approximate surface area is 166 Å². The lowest BCUT2D eigenvalue weighted by Gasteiger charge is -2.25. The first-order valence-corrected chi connectivity index (χ1v) is 10.4.